The summed E-state index contributed by atoms with van der Waals surface area (Å²) in [4.78, 5) is 0. The van der Waals surface area contributed by atoms with Crippen LogP contribution in [0.4, 0.5) is 4.39 Å². The molecule has 88 valence electrons. The molecule has 0 aliphatic rings. The first kappa shape index (κ1) is 11.6. The van der Waals surface area contributed by atoms with Crippen LogP contribution in [0.3, 0.4) is 0 Å². The van der Waals surface area contributed by atoms with Gasteiger partial charge >= 0.3 is 0 Å². The molecular weight excluding hydrogens is 217 g/mol. The molecule has 0 radical (unpaired) electrons. The number of hydrogen-bond donors (Lipinski definition) is 1. The van der Waals surface area contributed by atoms with Crippen molar-refractivity contribution in [2.75, 3.05) is 0 Å². The van der Waals surface area contributed by atoms with E-state index in [1.807, 2.05) is 13.0 Å². The van der Waals surface area contributed by atoms with Gasteiger partial charge in [-0.15, -0.1) is 0 Å². The zero-order chi connectivity index (χ0) is 12.4. The molecule has 0 aliphatic heterocycles. The van der Waals surface area contributed by atoms with Gasteiger partial charge in [-0.25, -0.2) is 4.39 Å². The third kappa shape index (κ3) is 2.29. The molecule has 2 nitrogen and oxygen atoms in total. The van der Waals surface area contributed by atoms with Gasteiger partial charge in [-0.3, -0.25) is 0 Å². The third-order valence-electron chi connectivity index (χ3n) is 2.66. The zero-order valence-electron chi connectivity index (χ0n) is 9.66. The van der Waals surface area contributed by atoms with Crippen LogP contribution < -0.4 is 16.4 Å². The molecular formula is C14H14FNO. The molecule has 0 fully saturated rings. The lowest BCUT2D eigenvalue weighted by Gasteiger charge is -1.99. The third-order valence-corrected chi connectivity index (χ3v) is 2.66. The van der Waals surface area contributed by atoms with Gasteiger partial charge in [0.1, 0.15) is 17.0 Å². The van der Waals surface area contributed by atoms with Crippen molar-refractivity contribution >= 4 is 12.2 Å². The average molecular weight is 231 g/mol. The average Bonchev–Trinajstić information content (AvgIpc) is 2.69. The second-order valence-corrected chi connectivity index (χ2v) is 3.91. The van der Waals surface area contributed by atoms with Crippen molar-refractivity contribution < 1.29 is 8.81 Å². The highest BCUT2D eigenvalue weighted by Crippen LogP contribution is 2.11. The molecule has 1 aromatic carbocycles. The first-order valence-electron chi connectivity index (χ1n) is 5.36. The Morgan fingerprint density at radius 3 is 2.76 bits per heavy atom. The minimum absolute atomic E-state index is 0.266. The Morgan fingerprint density at radius 2 is 2.18 bits per heavy atom. The number of rotatable bonds is 2. The Labute approximate surface area is 98.9 Å². The zero-order valence-corrected chi connectivity index (χ0v) is 9.66. The summed E-state index contributed by atoms with van der Waals surface area (Å²) in [6.45, 7) is 6.10. The van der Waals surface area contributed by atoms with Gasteiger partial charge in [-0.05, 0) is 36.3 Å². The first-order valence-corrected chi connectivity index (χ1v) is 5.36. The summed E-state index contributed by atoms with van der Waals surface area (Å²) in [6, 6.07) is 8.19. The fraction of sp³-hybridized carbons (Fsp3) is 0.143. The van der Waals surface area contributed by atoms with Crippen molar-refractivity contribution in [1.82, 2.24) is 0 Å². The van der Waals surface area contributed by atoms with E-state index in [1.54, 1.807) is 12.1 Å². The van der Waals surface area contributed by atoms with E-state index in [0.717, 1.165) is 16.4 Å². The molecule has 2 aromatic rings. The van der Waals surface area contributed by atoms with Crippen molar-refractivity contribution in [2.45, 2.75) is 13.5 Å². The van der Waals surface area contributed by atoms with E-state index >= 15 is 0 Å². The normalized spacial score (nSPS) is 12.6. The quantitative estimate of drug-likeness (QED) is 0.850. The van der Waals surface area contributed by atoms with Gasteiger partial charge in [0.15, 0.2) is 0 Å². The molecule has 0 amide bonds. The lowest BCUT2D eigenvalue weighted by atomic mass is 10.1. The van der Waals surface area contributed by atoms with Gasteiger partial charge in [0.05, 0.1) is 6.54 Å². The number of halogens is 1. The number of furan rings is 1. The molecule has 0 spiro atoms. The van der Waals surface area contributed by atoms with Crippen LogP contribution in [0.2, 0.25) is 0 Å². The minimum atomic E-state index is -0.266. The maximum atomic E-state index is 13.1. The van der Waals surface area contributed by atoms with Gasteiger partial charge in [-0.1, -0.05) is 18.7 Å². The van der Waals surface area contributed by atoms with Crippen molar-refractivity contribution in [1.29, 1.82) is 0 Å². The van der Waals surface area contributed by atoms with Gasteiger partial charge < -0.3 is 10.2 Å². The van der Waals surface area contributed by atoms with E-state index in [1.165, 1.54) is 12.1 Å². The molecule has 2 N–H and O–H groups in total. The minimum Gasteiger partial charge on any atom is -0.459 e. The maximum absolute atomic E-state index is 13.1. The number of nitrogens with two attached hydrogens (primary N) is 1. The maximum Gasteiger partial charge on any atom is 0.137 e. The Balaban J connectivity index is 2.65. The van der Waals surface area contributed by atoms with Crippen molar-refractivity contribution in [2.24, 2.45) is 5.73 Å². The Bertz CT molecular complexity index is 642. The summed E-state index contributed by atoms with van der Waals surface area (Å²) in [6.07, 6.45) is 0. The van der Waals surface area contributed by atoms with Crippen LogP contribution in [0, 0.1) is 5.82 Å². The second kappa shape index (κ2) is 4.55. The molecule has 0 aliphatic carbocycles. The largest absolute Gasteiger partial charge is 0.459 e. The SMILES string of the molecule is C=c1cc(CN)oc1=C(C)c1cccc(F)c1. The van der Waals surface area contributed by atoms with E-state index in [0.29, 0.717) is 17.7 Å². The van der Waals surface area contributed by atoms with Crippen LogP contribution in [0.5, 0.6) is 0 Å². The van der Waals surface area contributed by atoms with Gasteiger partial charge in [-0.2, -0.15) is 0 Å². The van der Waals surface area contributed by atoms with Crippen LogP contribution >= 0.6 is 0 Å². The predicted molar refractivity (Wildman–Crippen MR) is 66.0 cm³/mol. The smallest absolute Gasteiger partial charge is 0.137 e. The van der Waals surface area contributed by atoms with Crippen LogP contribution in [0.15, 0.2) is 34.7 Å². The van der Waals surface area contributed by atoms with Crippen molar-refractivity contribution in [3.8, 4) is 0 Å². The van der Waals surface area contributed by atoms with E-state index in [4.69, 9.17) is 10.2 Å². The van der Waals surface area contributed by atoms with Crippen molar-refractivity contribution in [3.63, 3.8) is 0 Å². The van der Waals surface area contributed by atoms with Crippen LogP contribution in [0.25, 0.3) is 12.2 Å². The standard InChI is InChI=1S/C14H14FNO/c1-9-6-13(8-16)17-14(9)10(2)11-4-3-5-12(15)7-11/h3-7H,1,8,16H2,2H3. The summed E-state index contributed by atoms with van der Waals surface area (Å²) in [5.74, 6) is 0.416. The lowest BCUT2D eigenvalue weighted by Crippen LogP contribution is -2.20. The fourth-order valence-electron chi connectivity index (χ4n) is 1.76. The van der Waals surface area contributed by atoms with E-state index in [2.05, 4.69) is 6.58 Å². The first-order chi connectivity index (χ1) is 8.11. The summed E-state index contributed by atoms with van der Waals surface area (Å²) in [5, 5.41) is 0.771. The summed E-state index contributed by atoms with van der Waals surface area (Å²) in [7, 11) is 0. The van der Waals surface area contributed by atoms with Crippen molar-refractivity contribution in [3.05, 3.63) is 58.1 Å². The van der Waals surface area contributed by atoms with Crippen LogP contribution in [-0.4, -0.2) is 0 Å². The van der Waals surface area contributed by atoms with E-state index in [9.17, 15) is 4.39 Å². The van der Waals surface area contributed by atoms with E-state index < -0.39 is 0 Å². The molecule has 2 rings (SSSR count). The molecule has 3 heteroatoms. The molecule has 17 heavy (non-hydrogen) atoms. The Hall–Kier alpha value is -1.87. The van der Waals surface area contributed by atoms with Gasteiger partial charge in [0, 0.05) is 5.22 Å². The molecule has 0 atom stereocenters. The molecule has 0 unspecified atom stereocenters. The van der Waals surface area contributed by atoms with Crippen LogP contribution in [0.1, 0.15) is 18.2 Å². The second-order valence-electron chi connectivity index (χ2n) is 3.91. The Kier molecular flexibility index (Phi) is 3.11. The van der Waals surface area contributed by atoms with E-state index in [-0.39, 0.29) is 5.82 Å². The molecule has 1 aromatic heterocycles. The predicted octanol–water partition coefficient (Wildman–Crippen LogP) is 1.51. The number of hydrogen-bond acceptors (Lipinski definition) is 2. The highest BCUT2D eigenvalue weighted by atomic mass is 19.1. The monoisotopic (exact) mass is 231 g/mol. The molecule has 1 heterocycles. The Morgan fingerprint density at radius 1 is 1.41 bits per heavy atom. The lowest BCUT2D eigenvalue weighted by molar-refractivity contribution is 0.480. The van der Waals surface area contributed by atoms with Gasteiger partial charge in [0.2, 0.25) is 0 Å². The van der Waals surface area contributed by atoms with Crippen LogP contribution in [-0.2, 0) is 6.54 Å². The molecule has 0 saturated heterocycles. The summed E-state index contributed by atoms with van der Waals surface area (Å²) >= 11 is 0. The highest BCUT2D eigenvalue weighted by molar-refractivity contribution is 5.62. The topological polar surface area (TPSA) is 39.2 Å². The highest BCUT2D eigenvalue weighted by Gasteiger charge is 2.03. The summed E-state index contributed by atoms with van der Waals surface area (Å²) < 4.78 is 18.7. The summed E-state index contributed by atoms with van der Waals surface area (Å²) in [5.41, 5.74) is 7.81. The number of benzene rings is 1. The molecule has 0 saturated carbocycles. The fourth-order valence-corrected chi connectivity index (χ4v) is 1.76. The molecule has 0 bridgehead atoms. The van der Waals surface area contributed by atoms with Gasteiger partial charge in [0.25, 0.3) is 0 Å².